The molecule has 1 aliphatic carbocycles. The van der Waals surface area contributed by atoms with E-state index in [-0.39, 0.29) is 23.0 Å². The van der Waals surface area contributed by atoms with Crippen molar-refractivity contribution in [2.24, 2.45) is 0 Å². The molecule has 0 spiro atoms. The minimum absolute atomic E-state index is 0.0374. The molecule has 1 saturated carbocycles. The van der Waals surface area contributed by atoms with Crippen molar-refractivity contribution in [1.82, 2.24) is 4.72 Å². The molecule has 17 heavy (non-hydrogen) atoms. The van der Waals surface area contributed by atoms with Crippen LogP contribution < -0.4 is 4.72 Å². The zero-order valence-electron chi connectivity index (χ0n) is 9.42. The van der Waals surface area contributed by atoms with E-state index in [4.69, 9.17) is 9.84 Å². The Kier molecular flexibility index (Phi) is 3.84. The maximum absolute atomic E-state index is 11.9. The molecule has 2 N–H and O–H groups in total. The molecule has 0 aromatic carbocycles. The van der Waals surface area contributed by atoms with E-state index in [1.165, 1.54) is 6.07 Å². The maximum atomic E-state index is 11.9. The lowest BCUT2D eigenvalue weighted by atomic mass is 9.90. The highest BCUT2D eigenvalue weighted by Gasteiger charge is 2.33. The largest absolute Gasteiger partial charge is 0.391 e. The van der Waals surface area contributed by atoms with Gasteiger partial charge >= 0.3 is 0 Å². The van der Waals surface area contributed by atoms with Crippen LogP contribution in [-0.4, -0.2) is 32.8 Å². The van der Waals surface area contributed by atoms with E-state index in [1.54, 1.807) is 13.2 Å². The van der Waals surface area contributed by atoms with Gasteiger partial charge in [-0.15, -0.1) is 11.3 Å². The molecule has 1 fully saturated rings. The smallest absolute Gasteiger partial charge is 0.250 e. The number of rotatable bonds is 5. The van der Waals surface area contributed by atoms with E-state index in [9.17, 15) is 8.42 Å². The van der Waals surface area contributed by atoms with Gasteiger partial charge in [-0.1, -0.05) is 0 Å². The molecule has 0 amide bonds. The molecule has 0 atom stereocenters. The van der Waals surface area contributed by atoms with E-state index in [0.29, 0.717) is 17.7 Å². The number of ether oxygens (including phenoxy) is 1. The highest BCUT2D eigenvalue weighted by Crippen LogP contribution is 2.26. The molecule has 5 nitrogen and oxygen atoms in total. The van der Waals surface area contributed by atoms with Crippen molar-refractivity contribution in [3.05, 3.63) is 17.0 Å². The second-order valence-electron chi connectivity index (χ2n) is 4.03. The van der Waals surface area contributed by atoms with Crippen LogP contribution in [0.15, 0.2) is 16.3 Å². The van der Waals surface area contributed by atoms with Crippen LogP contribution >= 0.6 is 11.3 Å². The molecule has 0 unspecified atom stereocenters. The van der Waals surface area contributed by atoms with Crippen LogP contribution in [-0.2, 0) is 21.4 Å². The zero-order chi connectivity index (χ0) is 12.5. The quantitative estimate of drug-likeness (QED) is 0.830. The lowest BCUT2D eigenvalue weighted by molar-refractivity contribution is 0.0236. The third kappa shape index (κ3) is 2.86. The molecule has 0 saturated heterocycles. The summed E-state index contributed by atoms with van der Waals surface area (Å²) in [5.41, 5.74) is 0. The van der Waals surface area contributed by atoms with Crippen LogP contribution in [0.25, 0.3) is 0 Å². The average molecular weight is 277 g/mol. The van der Waals surface area contributed by atoms with Crippen molar-refractivity contribution in [1.29, 1.82) is 0 Å². The minimum Gasteiger partial charge on any atom is -0.391 e. The highest BCUT2D eigenvalue weighted by atomic mass is 32.2. The van der Waals surface area contributed by atoms with Gasteiger partial charge in [0.2, 0.25) is 10.0 Å². The Morgan fingerprint density at radius 2 is 2.24 bits per heavy atom. The fraction of sp³-hybridized carbons (Fsp3) is 0.600. The molecule has 1 aromatic rings. The third-order valence-corrected chi connectivity index (χ3v) is 5.89. The number of sulfonamides is 1. The molecule has 1 aromatic heterocycles. The van der Waals surface area contributed by atoms with Crippen LogP contribution in [0.5, 0.6) is 0 Å². The standard InChI is InChI=1S/C10H15NO4S2/c1-15-8-4-7(5-8)11-17(13,14)10-3-2-9(6-12)16-10/h2-3,7-8,11-12H,4-6H2,1H3. The van der Waals surface area contributed by atoms with Gasteiger partial charge in [-0.05, 0) is 25.0 Å². The Balaban J connectivity index is 1.99. The lowest BCUT2D eigenvalue weighted by Gasteiger charge is -2.34. The van der Waals surface area contributed by atoms with E-state index < -0.39 is 10.0 Å². The Hall–Kier alpha value is -0.470. The highest BCUT2D eigenvalue weighted by molar-refractivity contribution is 7.91. The normalized spacial score (nSPS) is 24.6. The molecule has 7 heteroatoms. The van der Waals surface area contributed by atoms with Crippen molar-refractivity contribution in [3.8, 4) is 0 Å². The first kappa shape index (κ1) is 13.0. The summed E-state index contributed by atoms with van der Waals surface area (Å²) in [6, 6.07) is 3.10. The Bertz CT molecular complexity index is 476. The summed E-state index contributed by atoms with van der Waals surface area (Å²) in [5.74, 6) is 0. The number of nitrogens with one attached hydrogen (secondary N) is 1. The topological polar surface area (TPSA) is 75.6 Å². The van der Waals surface area contributed by atoms with Crippen molar-refractivity contribution in [3.63, 3.8) is 0 Å². The Morgan fingerprint density at radius 3 is 2.76 bits per heavy atom. The van der Waals surface area contributed by atoms with Gasteiger partial charge in [0.25, 0.3) is 0 Å². The van der Waals surface area contributed by atoms with Crippen molar-refractivity contribution in [2.45, 2.75) is 35.8 Å². The molecular formula is C10H15NO4S2. The second kappa shape index (κ2) is 5.03. The summed E-state index contributed by atoms with van der Waals surface area (Å²) >= 11 is 1.09. The summed E-state index contributed by atoms with van der Waals surface area (Å²) in [6.07, 6.45) is 1.60. The van der Waals surface area contributed by atoms with Gasteiger partial charge < -0.3 is 9.84 Å². The number of aliphatic hydroxyl groups is 1. The van der Waals surface area contributed by atoms with Crippen LogP contribution in [0.3, 0.4) is 0 Å². The number of aliphatic hydroxyl groups excluding tert-OH is 1. The first-order valence-corrected chi connectivity index (χ1v) is 7.60. The number of hydrogen-bond acceptors (Lipinski definition) is 5. The van der Waals surface area contributed by atoms with Gasteiger partial charge in [0.1, 0.15) is 4.21 Å². The molecular weight excluding hydrogens is 262 g/mol. The first-order valence-electron chi connectivity index (χ1n) is 5.30. The van der Waals surface area contributed by atoms with Gasteiger partial charge in [-0.3, -0.25) is 0 Å². The monoisotopic (exact) mass is 277 g/mol. The summed E-state index contributed by atoms with van der Waals surface area (Å²) in [5, 5.41) is 8.90. The van der Waals surface area contributed by atoms with E-state index in [1.807, 2.05) is 0 Å². The summed E-state index contributed by atoms with van der Waals surface area (Å²) in [6.45, 7) is -0.130. The van der Waals surface area contributed by atoms with Gasteiger partial charge in [0.05, 0.1) is 12.7 Å². The summed E-state index contributed by atoms with van der Waals surface area (Å²) < 4.78 is 31.8. The molecule has 1 aliphatic rings. The van der Waals surface area contributed by atoms with E-state index >= 15 is 0 Å². The van der Waals surface area contributed by atoms with Gasteiger partial charge in [0, 0.05) is 18.0 Å². The van der Waals surface area contributed by atoms with E-state index in [0.717, 1.165) is 11.3 Å². The number of hydrogen-bond donors (Lipinski definition) is 2. The van der Waals surface area contributed by atoms with Crippen molar-refractivity contribution < 1.29 is 18.3 Å². The minimum atomic E-state index is -3.44. The van der Waals surface area contributed by atoms with Crippen LogP contribution in [0.4, 0.5) is 0 Å². The predicted molar refractivity (Wildman–Crippen MR) is 64.4 cm³/mol. The Labute approximate surface area is 104 Å². The van der Waals surface area contributed by atoms with Crippen molar-refractivity contribution in [2.75, 3.05) is 7.11 Å². The molecule has 2 rings (SSSR count). The summed E-state index contributed by atoms with van der Waals surface area (Å²) in [4.78, 5) is 0.647. The zero-order valence-corrected chi connectivity index (χ0v) is 11.1. The predicted octanol–water partition coefficient (Wildman–Crippen LogP) is 0.696. The van der Waals surface area contributed by atoms with E-state index in [2.05, 4.69) is 4.72 Å². The average Bonchev–Trinajstić information content (AvgIpc) is 2.71. The van der Waals surface area contributed by atoms with Crippen LogP contribution in [0.1, 0.15) is 17.7 Å². The third-order valence-electron chi connectivity index (χ3n) is 2.81. The van der Waals surface area contributed by atoms with Crippen LogP contribution in [0.2, 0.25) is 0 Å². The lowest BCUT2D eigenvalue weighted by Crippen LogP contribution is -2.47. The molecule has 0 radical (unpaired) electrons. The van der Waals surface area contributed by atoms with Crippen LogP contribution in [0, 0.1) is 0 Å². The molecule has 96 valence electrons. The molecule has 0 bridgehead atoms. The van der Waals surface area contributed by atoms with Gasteiger partial charge in [-0.25, -0.2) is 13.1 Å². The fourth-order valence-corrected chi connectivity index (χ4v) is 4.21. The first-order chi connectivity index (χ1) is 8.05. The molecule has 1 heterocycles. The number of methoxy groups -OCH3 is 1. The number of thiophene rings is 1. The maximum Gasteiger partial charge on any atom is 0.250 e. The Morgan fingerprint density at radius 1 is 1.53 bits per heavy atom. The van der Waals surface area contributed by atoms with Gasteiger partial charge in [0.15, 0.2) is 0 Å². The second-order valence-corrected chi connectivity index (χ2v) is 7.14. The summed E-state index contributed by atoms with van der Waals surface area (Å²) in [7, 11) is -1.81. The SMILES string of the molecule is COC1CC(NS(=O)(=O)c2ccc(CO)s2)C1. The van der Waals surface area contributed by atoms with Gasteiger partial charge in [-0.2, -0.15) is 0 Å². The van der Waals surface area contributed by atoms with Crippen molar-refractivity contribution >= 4 is 21.4 Å². The molecule has 0 aliphatic heterocycles. The fourth-order valence-electron chi connectivity index (χ4n) is 1.72.